The molecule has 0 radical (unpaired) electrons. The van der Waals surface area contributed by atoms with Crippen LogP contribution < -0.4 is 9.04 Å². The van der Waals surface area contributed by atoms with Gasteiger partial charge in [0.2, 0.25) is 0 Å². The molecule has 2 unspecified atom stereocenters. The van der Waals surface area contributed by atoms with E-state index in [-0.39, 0.29) is 5.92 Å². The fourth-order valence-electron chi connectivity index (χ4n) is 4.37. The smallest absolute Gasteiger partial charge is 0.327 e. The minimum atomic E-state index is -2.73. The topological polar surface area (TPSA) is 106 Å². The van der Waals surface area contributed by atoms with Crippen molar-refractivity contribution in [2.45, 2.75) is 25.4 Å². The number of benzene rings is 2. The normalized spacial score (nSPS) is 16.6. The van der Waals surface area contributed by atoms with E-state index in [9.17, 15) is 18.7 Å². The molecule has 4 rings (SSSR count). The second-order valence-corrected chi connectivity index (χ2v) is 9.95. The lowest BCUT2D eigenvalue weighted by Gasteiger charge is -2.40. The molecule has 34 heavy (non-hydrogen) atoms. The van der Waals surface area contributed by atoms with Crippen LogP contribution in [0.25, 0.3) is 11.1 Å². The van der Waals surface area contributed by atoms with Gasteiger partial charge in [-0.25, -0.2) is 9.78 Å². The van der Waals surface area contributed by atoms with Gasteiger partial charge in [0.25, 0.3) is 0 Å². The molecule has 0 bridgehead atoms. The van der Waals surface area contributed by atoms with Crippen LogP contribution in [0, 0.1) is 5.92 Å². The first kappa shape index (κ1) is 24.3. The van der Waals surface area contributed by atoms with Crippen molar-refractivity contribution in [1.82, 2.24) is 9.88 Å². The minimum absolute atomic E-state index is 0.288. The van der Waals surface area contributed by atoms with Gasteiger partial charge in [-0.3, -0.25) is 13.4 Å². The van der Waals surface area contributed by atoms with Crippen LogP contribution in [0.4, 0.5) is 5.69 Å². The Kier molecular flexibility index (Phi) is 7.94. The Hall–Kier alpha value is -2.79. The molecular formula is C24H26N3O5S2-. The summed E-state index contributed by atoms with van der Waals surface area (Å²) in [6.45, 7) is 2.12. The molecule has 10 heteroatoms. The zero-order valence-corrected chi connectivity index (χ0v) is 20.3. The lowest BCUT2D eigenvalue weighted by Crippen LogP contribution is -2.50. The van der Waals surface area contributed by atoms with E-state index in [4.69, 9.17) is 4.74 Å². The molecule has 1 aliphatic rings. The predicted molar refractivity (Wildman–Crippen MR) is 131 cm³/mol. The van der Waals surface area contributed by atoms with Gasteiger partial charge < -0.3 is 14.4 Å². The van der Waals surface area contributed by atoms with E-state index in [2.05, 4.69) is 9.88 Å². The molecule has 1 aliphatic heterocycles. The second kappa shape index (κ2) is 11.1. The number of hydrogen-bond acceptors (Lipinski definition) is 7. The lowest BCUT2D eigenvalue weighted by atomic mass is 9.89. The number of aromatic nitrogens is 1. The van der Waals surface area contributed by atoms with Gasteiger partial charge in [0, 0.05) is 28.5 Å². The van der Waals surface area contributed by atoms with Gasteiger partial charge in [0.1, 0.15) is 16.8 Å². The number of anilines is 1. The highest BCUT2D eigenvalue weighted by molar-refractivity contribution is 7.80. The molecule has 180 valence electrons. The molecule has 0 aliphatic carbocycles. The Balaban J connectivity index is 1.50. The van der Waals surface area contributed by atoms with Crippen molar-refractivity contribution in [2.75, 3.05) is 24.5 Å². The van der Waals surface area contributed by atoms with E-state index in [1.54, 1.807) is 48.9 Å². The number of methoxy groups -OCH3 is 1. The highest BCUT2D eigenvalue weighted by Gasteiger charge is 2.37. The van der Waals surface area contributed by atoms with Crippen molar-refractivity contribution in [2.24, 2.45) is 5.92 Å². The quantitative estimate of drug-likeness (QED) is 0.446. The van der Waals surface area contributed by atoms with Crippen molar-refractivity contribution >= 4 is 34.3 Å². The first-order chi connectivity index (χ1) is 16.5. The Bertz CT molecular complexity index is 1100. The summed E-state index contributed by atoms with van der Waals surface area (Å²) >= 11 is -1.14. The van der Waals surface area contributed by atoms with Crippen LogP contribution in [-0.2, 0) is 22.6 Å². The van der Waals surface area contributed by atoms with Gasteiger partial charge in [-0.1, -0.05) is 24.3 Å². The number of ether oxygens (including phenoxy) is 1. The van der Waals surface area contributed by atoms with Gasteiger partial charge in [0.05, 0.1) is 13.7 Å². The number of hydrogen-bond donors (Lipinski definition) is 1. The molecule has 3 aromatic rings. The fraction of sp³-hybridized carbons (Fsp3) is 0.333. The number of thiazole rings is 1. The Morgan fingerprint density at radius 1 is 1.21 bits per heavy atom. The van der Waals surface area contributed by atoms with Crippen molar-refractivity contribution in [1.29, 1.82) is 0 Å². The largest absolute Gasteiger partial charge is 0.755 e. The van der Waals surface area contributed by atoms with E-state index in [0.29, 0.717) is 31.6 Å². The number of carboxylic acid groups (broad SMARTS) is 1. The SMILES string of the molecule is COc1ccc(-c2ccc(N(C(C(=O)O)C3CCN(Cc4nccs4)CC3)S(=O)[O-])cc2)cc1. The van der Waals surface area contributed by atoms with Crippen LogP contribution in [0.2, 0.25) is 0 Å². The van der Waals surface area contributed by atoms with Crippen molar-refractivity contribution in [3.63, 3.8) is 0 Å². The molecule has 2 aromatic carbocycles. The van der Waals surface area contributed by atoms with E-state index in [0.717, 1.165) is 32.7 Å². The second-order valence-electron chi connectivity index (χ2n) is 8.14. The maximum absolute atomic E-state index is 12.3. The maximum Gasteiger partial charge on any atom is 0.327 e. The molecule has 0 saturated carbocycles. The number of carbonyl (C=O) groups is 1. The number of piperidine rings is 1. The summed E-state index contributed by atoms with van der Waals surface area (Å²) in [4.78, 5) is 18.8. The third-order valence-electron chi connectivity index (χ3n) is 6.13. The first-order valence-electron chi connectivity index (χ1n) is 10.9. The molecule has 2 atom stereocenters. The third kappa shape index (κ3) is 5.64. The first-order valence-corrected chi connectivity index (χ1v) is 12.8. The number of carboxylic acids is 1. The molecule has 0 amide bonds. The van der Waals surface area contributed by atoms with Gasteiger partial charge >= 0.3 is 5.97 Å². The van der Waals surface area contributed by atoms with Gasteiger partial charge in [0.15, 0.2) is 0 Å². The molecule has 1 N–H and O–H groups in total. The van der Waals surface area contributed by atoms with E-state index < -0.39 is 23.3 Å². The molecule has 1 fully saturated rings. The fourth-order valence-corrected chi connectivity index (χ4v) is 5.77. The van der Waals surface area contributed by atoms with Crippen LogP contribution in [0.1, 0.15) is 17.8 Å². The molecule has 0 spiro atoms. The summed E-state index contributed by atoms with van der Waals surface area (Å²) in [5, 5.41) is 13.0. The van der Waals surface area contributed by atoms with Crippen molar-refractivity contribution in [3.8, 4) is 16.9 Å². The summed E-state index contributed by atoms with van der Waals surface area (Å²) < 4.78 is 30.6. The lowest BCUT2D eigenvalue weighted by molar-refractivity contribution is -0.140. The highest BCUT2D eigenvalue weighted by atomic mass is 32.2. The van der Waals surface area contributed by atoms with Crippen molar-refractivity contribution < 1.29 is 23.4 Å². The van der Waals surface area contributed by atoms with Gasteiger partial charge in [-0.15, -0.1) is 11.3 Å². The molecule has 1 aromatic heterocycles. The number of rotatable bonds is 9. The van der Waals surface area contributed by atoms with Gasteiger partial charge in [-0.2, -0.15) is 0 Å². The van der Waals surface area contributed by atoms with Crippen molar-refractivity contribution in [3.05, 3.63) is 65.1 Å². The van der Waals surface area contributed by atoms with Crippen LogP contribution in [-0.4, -0.2) is 56.0 Å². The Morgan fingerprint density at radius 2 is 1.82 bits per heavy atom. The highest BCUT2D eigenvalue weighted by Crippen LogP contribution is 2.32. The summed E-state index contributed by atoms with van der Waals surface area (Å²) in [7, 11) is 1.60. The average Bonchev–Trinajstić information content (AvgIpc) is 3.36. The van der Waals surface area contributed by atoms with Crippen LogP contribution in [0.3, 0.4) is 0 Å². The van der Waals surface area contributed by atoms with Crippen LogP contribution in [0.15, 0.2) is 60.1 Å². The zero-order chi connectivity index (χ0) is 24.1. The maximum atomic E-state index is 12.3. The zero-order valence-electron chi connectivity index (χ0n) is 18.7. The molecule has 1 saturated heterocycles. The predicted octanol–water partition coefficient (Wildman–Crippen LogP) is 3.78. The monoisotopic (exact) mass is 500 g/mol. The average molecular weight is 501 g/mol. The Labute approximate surface area is 205 Å². The van der Waals surface area contributed by atoms with Crippen LogP contribution in [0.5, 0.6) is 5.75 Å². The summed E-state index contributed by atoms with van der Waals surface area (Å²) in [6, 6.07) is 13.3. The van der Waals surface area contributed by atoms with Gasteiger partial charge in [-0.05, 0) is 67.2 Å². The number of nitrogens with zero attached hydrogens (tertiary/aromatic N) is 3. The van der Waals surface area contributed by atoms with E-state index in [1.807, 2.05) is 29.6 Å². The number of aliphatic carboxylic acids is 1. The Morgan fingerprint density at radius 3 is 2.32 bits per heavy atom. The third-order valence-corrected chi connectivity index (χ3v) is 7.66. The number of likely N-dealkylation sites (tertiary alicyclic amines) is 1. The summed E-state index contributed by atoms with van der Waals surface area (Å²) in [5.74, 6) is -0.679. The molecule has 8 nitrogen and oxygen atoms in total. The molecular weight excluding hydrogens is 474 g/mol. The van der Waals surface area contributed by atoms with E-state index >= 15 is 0 Å². The van der Waals surface area contributed by atoms with Crippen LogP contribution >= 0.6 is 11.3 Å². The molecule has 2 heterocycles. The minimum Gasteiger partial charge on any atom is -0.755 e. The van der Waals surface area contributed by atoms with E-state index in [1.165, 1.54) is 0 Å². The summed E-state index contributed by atoms with van der Waals surface area (Å²) in [5.41, 5.74) is 2.18. The summed E-state index contributed by atoms with van der Waals surface area (Å²) in [6.07, 6.45) is 2.97. The standard InChI is InChI=1S/C24H27N3O5S2/c1-32-21-8-4-18(5-9-21)17-2-6-20(7-3-17)27(34(30)31)23(24(28)29)19-10-13-26(14-11-19)16-22-25-12-15-33-22/h2-9,12,15,19,23H,10-11,13-14,16H2,1H3,(H,28,29)(H,30,31)/p-1.